The van der Waals surface area contributed by atoms with Crippen molar-refractivity contribution in [1.82, 2.24) is 9.88 Å². The third-order valence-corrected chi connectivity index (χ3v) is 4.57. The molecule has 1 heterocycles. The normalized spacial score (nSPS) is 11.6. The molecule has 0 bridgehead atoms. The van der Waals surface area contributed by atoms with Crippen LogP contribution in [-0.2, 0) is 24.3 Å². The molecule has 1 atom stereocenters. The molecule has 1 aromatic heterocycles. The molecule has 0 aliphatic rings. The van der Waals surface area contributed by atoms with Crippen molar-refractivity contribution in [2.75, 3.05) is 11.9 Å². The molecule has 0 aliphatic carbocycles. The summed E-state index contributed by atoms with van der Waals surface area (Å²) in [5.74, 6) is -0.317. The van der Waals surface area contributed by atoms with Crippen molar-refractivity contribution in [3.05, 3.63) is 100 Å². The van der Waals surface area contributed by atoms with Gasteiger partial charge in [0.1, 0.15) is 12.2 Å². The quantitative estimate of drug-likeness (QED) is 0.522. The van der Waals surface area contributed by atoms with E-state index in [-0.39, 0.29) is 24.6 Å². The van der Waals surface area contributed by atoms with Crippen molar-refractivity contribution >= 4 is 11.6 Å². The molecule has 0 fully saturated rings. The van der Waals surface area contributed by atoms with E-state index in [4.69, 9.17) is 0 Å². The first-order chi connectivity index (χ1) is 14.2. The Hall–Kier alpha value is -3.38. The fourth-order valence-electron chi connectivity index (χ4n) is 3.08. The van der Waals surface area contributed by atoms with Crippen LogP contribution in [0, 0.1) is 0 Å². The first-order valence-electron chi connectivity index (χ1n) is 9.57. The smallest absolute Gasteiger partial charge is 0.274 e. The Labute approximate surface area is 169 Å². The average Bonchev–Trinajstić information content (AvgIpc) is 2.75. The zero-order valence-electron chi connectivity index (χ0n) is 16.1. The van der Waals surface area contributed by atoms with Crippen molar-refractivity contribution in [1.29, 1.82) is 0 Å². The summed E-state index contributed by atoms with van der Waals surface area (Å²) >= 11 is 0. The van der Waals surface area contributed by atoms with Gasteiger partial charge in [-0.3, -0.25) is 9.59 Å². The van der Waals surface area contributed by atoms with Crippen molar-refractivity contribution in [3.63, 3.8) is 0 Å². The predicted molar refractivity (Wildman–Crippen MR) is 114 cm³/mol. The number of amides is 1. The predicted octanol–water partition coefficient (Wildman–Crippen LogP) is 2.18. The number of carbonyl (C=O) groups is 1. The highest BCUT2D eigenvalue weighted by Gasteiger charge is 2.13. The Balaban J connectivity index is 1.60. The van der Waals surface area contributed by atoms with E-state index in [1.165, 1.54) is 4.57 Å². The second kappa shape index (κ2) is 10.2. The molecule has 3 N–H and O–H groups in total. The lowest BCUT2D eigenvalue weighted by molar-refractivity contribution is -0.122. The standard InChI is InChI=1S/C23H25N3O3/c27-17-20(14-18-8-3-1-4-9-18)25-22(28)16-26-13-7-12-21(23(26)29)24-15-19-10-5-2-6-11-19/h1-13,20,24,27H,14-17H2,(H,25,28)/t20-/m0/s1. The number of carbonyl (C=O) groups excluding carboxylic acids is 1. The summed E-state index contributed by atoms with van der Waals surface area (Å²) in [6, 6.07) is 22.4. The molecule has 0 radical (unpaired) electrons. The van der Waals surface area contributed by atoms with Crippen molar-refractivity contribution in [2.24, 2.45) is 0 Å². The topological polar surface area (TPSA) is 83.4 Å². The molecular formula is C23H25N3O3. The van der Waals surface area contributed by atoms with Gasteiger partial charge in [0.15, 0.2) is 0 Å². The number of anilines is 1. The summed E-state index contributed by atoms with van der Waals surface area (Å²) < 4.78 is 1.36. The van der Waals surface area contributed by atoms with Gasteiger partial charge in [-0.25, -0.2) is 0 Å². The van der Waals surface area contributed by atoms with E-state index in [0.29, 0.717) is 18.7 Å². The minimum Gasteiger partial charge on any atom is -0.394 e. The number of rotatable bonds is 9. The highest BCUT2D eigenvalue weighted by atomic mass is 16.3. The zero-order chi connectivity index (χ0) is 20.5. The Morgan fingerprint density at radius 3 is 2.24 bits per heavy atom. The molecule has 6 heteroatoms. The largest absolute Gasteiger partial charge is 0.394 e. The van der Waals surface area contributed by atoms with Gasteiger partial charge in [0.2, 0.25) is 5.91 Å². The lowest BCUT2D eigenvalue weighted by Crippen LogP contribution is -2.42. The minimum absolute atomic E-state index is 0.106. The molecule has 2 aromatic carbocycles. The van der Waals surface area contributed by atoms with E-state index in [1.807, 2.05) is 60.7 Å². The summed E-state index contributed by atoms with van der Waals surface area (Å²) in [5, 5.41) is 15.5. The maximum Gasteiger partial charge on any atom is 0.274 e. The van der Waals surface area contributed by atoms with Crippen LogP contribution in [0.25, 0.3) is 0 Å². The summed E-state index contributed by atoms with van der Waals surface area (Å²) in [4.78, 5) is 25.1. The second-order valence-electron chi connectivity index (χ2n) is 6.83. The first-order valence-corrected chi connectivity index (χ1v) is 9.57. The molecule has 0 unspecified atom stereocenters. The third-order valence-electron chi connectivity index (χ3n) is 4.57. The number of hydrogen-bond acceptors (Lipinski definition) is 4. The van der Waals surface area contributed by atoms with Gasteiger partial charge in [0, 0.05) is 12.7 Å². The molecule has 6 nitrogen and oxygen atoms in total. The molecule has 0 saturated carbocycles. The Morgan fingerprint density at radius 1 is 0.931 bits per heavy atom. The van der Waals surface area contributed by atoms with E-state index in [0.717, 1.165) is 11.1 Å². The summed E-state index contributed by atoms with van der Waals surface area (Å²) in [5.41, 5.74) is 2.26. The van der Waals surface area contributed by atoms with Crippen LogP contribution in [-0.4, -0.2) is 28.2 Å². The lowest BCUT2D eigenvalue weighted by Gasteiger charge is -2.17. The van der Waals surface area contributed by atoms with Gasteiger partial charge >= 0.3 is 0 Å². The van der Waals surface area contributed by atoms with Gasteiger partial charge in [-0.05, 0) is 29.7 Å². The molecule has 1 amide bonds. The molecule has 150 valence electrons. The van der Waals surface area contributed by atoms with Crippen LogP contribution < -0.4 is 16.2 Å². The number of aliphatic hydroxyl groups is 1. The van der Waals surface area contributed by atoms with Crippen molar-refractivity contribution < 1.29 is 9.90 Å². The van der Waals surface area contributed by atoms with Gasteiger partial charge in [-0.1, -0.05) is 60.7 Å². The molecule has 0 aliphatic heterocycles. The number of benzene rings is 2. The van der Waals surface area contributed by atoms with Gasteiger partial charge in [-0.15, -0.1) is 0 Å². The van der Waals surface area contributed by atoms with Crippen LogP contribution >= 0.6 is 0 Å². The summed E-state index contributed by atoms with van der Waals surface area (Å²) in [6.07, 6.45) is 2.11. The Bertz CT molecular complexity index is 971. The van der Waals surface area contributed by atoms with Crippen LogP contribution in [0.2, 0.25) is 0 Å². The van der Waals surface area contributed by atoms with Crippen LogP contribution in [0.3, 0.4) is 0 Å². The van der Waals surface area contributed by atoms with Gasteiger partial charge in [0.25, 0.3) is 5.56 Å². The first kappa shape index (κ1) is 20.4. The molecular weight excluding hydrogens is 366 g/mol. The van der Waals surface area contributed by atoms with Crippen LogP contribution in [0.1, 0.15) is 11.1 Å². The van der Waals surface area contributed by atoms with Crippen LogP contribution in [0.4, 0.5) is 5.69 Å². The molecule has 0 spiro atoms. The number of aromatic nitrogens is 1. The number of nitrogens with zero attached hydrogens (tertiary/aromatic N) is 1. The fourth-order valence-corrected chi connectivity index (χ4v) is 3.08. The van der Waals surface area contributed by atoms with Crippen LogP contribution in [0.15, 0.2) is 83.8 Å². The monoisotopic (exact) mass is 391 g/mol. The zero-order valence-corrected chi connectivity index (χ0v) is 16.1. The number of aliphatic hydroxyl groups excluding tert-OH is 1. The van der Waals surface area contributed by atoms with E-state index < -0.39 is 6.04 Å². The number of hydrogen-bond donors (Lipinski definition) is 3. The highest BCUT2D eigenvalue weighted by molar-refractivity contribution is 5.76. The maximum atomic E-state index is 12.6. The molecule has 29 heavy (non-hydrogen) atoms. The SMILES string of the molecule is O=C(Cn1cccc(NCc2ccccc2)c1=O)N[C@H](CO)Cc1ccccc1. The Kier molecular flexibility index (Phi) is 7.19. The molecule has 3 rings (SSSR count). The summed E-state index contributed by atoms with van der Waals surface area (Å²) in [6.45, 7) is 0.245. The van der Waals surface area contributed by atoms with Crippen LogP contribution in [0.5, 0.6) is 0 Å². The Morgan fingerprint density at radius 2 is 1.59 bits per heavy atom. The highest BCUT2D eigenvalue weighted by Crippen LogP contribution is 2.05. The number of nitrogens with one attached hydrogen (secondary N) is 2. The van der Waals surface area contributed by atoms with Crippen molar-refractivity contribution in [2.45, 2.75) is 25.6 Å². The minimum atomic E-state index is -0.403. The number of pyridine rings is 1. The van der Waals surface area contributed by atoms with E-state index >= 15 is 0 Å². The maximum absolute atomic E-state index is 12.6. The fraction of sp³-hybridized carbons (Fsp3) is 0.217. The molecule has 0 saturated heterocycles. The van der Waals surface area contributed by atoms with Crippen molar-refractivity contribution in [3.8, 4) is 0 Å². The summed E-state index contributed by atoms with van der Waals surface area (Å²) in [7, 11) is 0. The third kappa shape index (κ3) is 6.05. The average molecular weight is 391 g/mol. The van der Waals surface area contributed by atoms with Gasteiger partial charge < -0.3 is 20.3 Å². The lowest BCUT2D eigenvalue weighted by atomic mass is 10.1. The van der Waals surface area contributed by atoms with E-state index in [1.54, 1.807) is 18.3 Å². The van der Waals surface area contributed by atoms with E-state index in [9.17, 15) is 14.7 Å². The van der Waals surface area contributed by atoms with E-state index in [2.05, 4.69) is 10.6 Å². The molecule has 3 aromatic rings. The van der Waals surface area contributed by atoms with Gasteiger partial charge in [-0.2, -0.15) is 0 Å². The van der Waals surface area contributed by atoms with Gasteiger partial charge in [0.05, 0.1) is 12.6 Å². The second-order valence-corrected chi connectivity index (χ2v) is 6.83.